The third-order valence-electron chi connectivity index (χ3n) is 3.67. The molecular weight excluding hydrogens is 260 g/mol. The molecule has 3 aromatic rings. The van der Waals surface area contributed by atoms with Crippen molar-refractivity contribution in [3.63, 3.8) is 0 Å². The van der Waals surface area contributed by atoms with Crippen LogP contribution in [0.4, 0.5) is 0 Å². The molecule has 2 aromatic carbocycles. The van der Waals surface area contributed by atoms with Crippen molar-refractivity contribution in [3.8, 4) is 5.69 Å². The Kier molecular flexibility index (Phi) is 2.69. The summed E-state index contributed by atoms with van der Waals surface area (Å²) in [6.45, 7) is 0. The van der Waals surface area contributed by atoms with Crippen LogP contribution in [0.3, 0.4) is 0 Å². The summed E-state index contributed by atoms with van der Waals surface area (Å²) >= 11 is 0. The third-order valence-corrected chi connectivity index (χ3v) is 3.67. The molecule has 0 fully saturated rings. The predicted molar refractivity (Wildman–Crippen MR) is 82.6 cm³/mol. The Labute approximate surface area is 122 Å². The van der Waals surface area contributed by atoms with Crippen molar-refractivity contribution in [2.45, 2.75) is 6.17 Å². The van der Waals surface area contributed by atoms with Crippen LogP contribution in [-0.4, -0.2) is 15.3 Å². The van der Waals surface area contributed by atoms with Gasteiger partial charge in [-0.15, -0.1) is 0 Å². The average molecular weight is 274 g/mol. The molecule has 0 radical (unpaired) electrons. The monoisotopic (exact) mass is 274 g/mol. The van der Waals surface area contributed by atoms with Crippen molar-refractivity contribution in [1.29, 1.82) is 0 Å². The van der Waals surface area contributed by atoms with E-state index < -0.39 is 6.17 Å². The highest BCUT2D eigenvalue weighted by Crippen LogP contribution is 2.27. The maximum absolute atomic E-state index is 6.23. The highest BCUT2D eigenvalue weighted by Gasteiger charge is 2.22. The summed E-state index contributed by atoms with van der Waals surface area (Å²) in [5.74, 6) is 0.758. The summed E-state index contributed by atoms with van der Waals surface area (Å²) in [6.07, 6.45) is 3.22. The van der Waals surface area contributed by atoms with Gasteiger partial charge in [0.05, 0.1) is 11.4 Å². The molecule has 21 heavy (non-hydrogen) atoms. The molecule has 0 bridgehead atoms. The number of fused-ring (bicyclic) bond motifs is 3. The van der Waals surface area contributed by atoms with Gasteiger partial charge in [-0.1, -0.05) is 48.5 Å². The lowest BCUT2D eigenvalue weighted by molar-refractivity contribution is 0.698. The molecule has 1 aliphatic heterocycles. The maximum atomic E-state index is 6.23. The minimum Gasteiger partial charge on any atom is -0.303 e. The van der Waals surface area contributed by atoms with Crippen molar-refractivity contribution in [3.05, 3.63) is 83.9 Å². The highest BCUT2D eigenvalue weighted by molar-refractivity contribution is 6.15. The number of hydrogen-bond donors (Lipinski definition) is 1. The van der Waals surface area contributed by atoms with E-state index in [0.717, 1.165) is 28.4 Å². The van der Waals surface area contributed by atoms with Crippen LogP contribution in [0.5, 0.6) is 0 Å². The fourth-order valence-electron chi connectivity index (χ4n) is 2.71. The van der Waals surface area contributed by atoms with Crippen molar-refractivity contribution in [1.82, 2.24) is 9.55 Å². The van der Waals surface area contributed by atoms with Gasteiger partial charge in [-0.05, 0) is 6.07 Å². The maximum Gasteiger partial charge on any atom is 0.157 e. The molecular formula is C17H14N4. The standard InChI is InChI=1S/C17H14N4/c18-16-17-19-10-11-21(17)14-9-5-4-8-13(14)15(20-16)12-6-2-1-3-7-12/h1-11,16H,18H2/t16-/m1/s1. The smallest absolute Gasteiger partial charge is 0.157 e. The van der Waals surface area contributed by atoms with Gasteiger partial charge in [-0.25, -0.2) is 4.98 Å². The highest BCUT2D eigenvalue weighted by atomic mass is 15.2. The Balaban J connectivity index is 2.02. The number of aliphatic imine (C=N–C) groups is 1. The van der Waals surface area contributed by atoms with E-state index in [1.54, 1.807) is 6.20 Å². The van der Waals surface area contributed by atoms with E-state index in [2.05, 4.69) is 29.2 Å². The van der Waals surface area contributed by atoms with Gasteiger partial charge in [-0.3, -0.25) is 4.99 Å². The first-order chi connectivity index (χ1) is 10.3. The summed E-state index contributed by atoms with van der Waals surface area (Å²) < 4.78 is 2.01. The van der Waals surface area contributed by atoms with Gasteiger partial charge in [0.2, 0.25) is 0 Å². The summed E-state index contributed by atoms with van der Waals surface area (Å²) in [7, 11) is 0. The fraction of sp³-hybridized carbons (Fsp3) is 0.0588. The van der Waals surface area contributed by atoms with Crippen LogP contribution in [0.1, 0.15) is 23.1 Å². The van der Waals surface area contributed by atoms with Gasteiger partial charge in [0.25, 0.3) is 0 Å². The molecule has 0 saturated carbocycles. The van der Waals surface area contributed by atoms with Crippen LogP contribution in [0.25, 0.3) is 5.69 Å². The Morgan fingerprint density at radius 3 is 2.57 bits per heavy atom. The first-order valence-corrected chi connectivity index (χ1v) is 6.86. The largest absolute Gasteiger partial charge is 0.303 e. The van der Waals surface area contributed by atoms with Crippen molar-refractivity contribution >= 4 is 5.71 Å². The second-order valence-corrected chi connectivity index (χ2v) is 4.96. The zero-order chi connectivity index (χ0) is 14.2. The number of imidazole rings is 1. The summed E-state index contributed by atoms with van der Waals surface area (Å²) in [6, 6.07) is 18.3. The Morgan fingerprint density at radius 1 is 0.952 bits per heavy atom. The first-order valence-electron chi connectivity index (χ1n) is 6.86. The van der Waals surface area contributed by atoms with Gasteiger partial charge in [0, 0.05) is 23.5 Å². The number of para-hydroxylation sites is 1. The lowest BCUT2D eigenvalue weighted by atomic mass is 10.0. The van der Waals surface area contributed by atoms with Crippen molar-refractivity contribution in [2.24, 2.45) is 10.7 Å². The van der Waals surface area contributed by atoms with Gasteiger partial charge < -0.3 is 10.3 Å². The molecule has 102 valence electrons. The molecule has 1 atom stereocenters. The molecule has 2 N–H and O–H groups in total. The number of rotatable bonds is 1. The molecule has 0 aliphatic carbocycles. The van der Waals surface area contributed by atoms with E-state index in [-0.39, 0.29) is 0 Å². The Bertz CT molecular complexity index is 818. The van der Waals surface area contributed by atoms with E-state index in [1.807, 2.05) is 41.1 Å². The van der Waals surface area contributed by atoms with E-state index in [4.69, 9.17) is 10.7 Å². The van der Waals surface area contributed by atoms with Crippen LogP contribution in [0.2, 0.25) is 0 Å². The number of nitrogens with two attached hydrogens (primary N) is 1. The van der Waals surface area contributed by atoms with E-state index in [0.29, 0.717) is 0 Å². The van der Waals surface area contributed by atoms with E-state index >= 15 is 0 Å². The molecule has 2 heterocycles. The molecule has 0 spiro atoms. The zero-order valence-corrected chi connectivity index (χ0v) is 11.3. The molecule has 4 nitrogen and oxygen atoms in total. The van der Waals surface area contributed by atoms with Gasteiger partial charge in [0.1, 0.15) is 0 Å². The number of benzene rings is 2. The van der Waals surface area contributed by atoms with Crippen LogP contribution in [0, 0.1) is 0 Å². The van der Waals surface area contributed by atoms with Crippen LogP contribution < -0.4 is 5.73 Å². The van der Waals surface area contributed by atoms with Crippen LogP contribution in [-0.2, 0) is 0 Å². The third kappa shape index (κ3) is 1.88. The lowest BCUT2D eigenvalue weighted by Crippen LogP contribution is -2.13. The Hall–Kier alpha value is -2.72. The molecule has 0 amide bonds. The summed E-state index contributed by atoms with van der Waals surface area (Å²) in [5.41, 5.74) is 10.3. The molecule has 4 heteroatoms. The molecule has 4 rings (SSSR count). The quantitative estimate of drug-likeness (QED) is 0.741. The number of aromatic nitrogens is 2. The van der Waals surface area contributed by atoms with Crippen LogP contribution >= 0.6 is 0 Å². The average Bonchev–Trinajstić information content (AvgIpc) is 2.99. The summed E-state index contributed by atoms with van der Waals surface area (Å²) in [4.78, 5) is 9.07. The molecule has 1 aliphatic rings. The van der Waals surface area contributed by atoms with Gasteiger partial charge >= 0.3 is 0 Å². The molecule has 0 saturated heterocycles. The SMILES string of the molecule is N[C@@H]1N=C(c2ccccc2)c2ccccc2-n2ccnc21. The minimum atomic E-state index is -0.470. The number of hydrogen-bond acceptors (Lipinski definition) is 3. The van der Waals surface area contributed by atoms with Crippen molar-refractivity contribution < 1.29 is 0 Å². The van der Waals surface area contributed by atoms with E-state index in [1.165, 1.54) is 0 Å². The lowest BCUT2D eigenvalue weighted by Gasteiger charge is -2.11. The zero-order valence-electron chi connectivity index (χ0n) is 11.3. The first kappa shape index (κ1) is 12.1. The minimum absolute atomic E-state index is 0.470. The van der Waals surface area contributed by atoms with E-state index in [9.17, 15) is 0 Å². The predicted octanol–water partition coefficient (Wildman–Crippen LogP) is 2.68. The van der Waals surface area contributed by atoms with Crippen LogP contribution in [0.15, 0.2) is 72.0 Å². The topological polar surface area (TPSA) is 56.2 Å². The normalized spacial score (nSPS) is 16.6. The molecule has 0 unspecified atom stereocenters. The second-order valence-electron chi connectivity index (χ2n) is 4.96. The second kappa shape index (κ2) is 4.68. The van der Waals surface area contributed by atoms with Gasteiger partial charge in [-0.2, -0.15) is 0 Å². The summed E-state index contributed by atoms with van der Waals surface area (Å²) in [5, 5.41) is 0. The fourth-order valence-corrected chi connectivity index (χ4v) is 2.71. The van der Waals surface area contributed by atoms with Gasteiger partial charge in [0.15, 0.2) is 12.0 Å². The Morgan fingerprint density at radius 2 is 1.71 bits per heavy atom. The number of nitrogens with zero attached hydrogens (tertiary/aromatic N) is 3. The molecule has 1 aromatic heterocycles. The van der Waals surface area contributed by atoms with Crippen molar-refractivity contribution in [2.75, 3.05) is 0 Å².